The summed E-state index contributed by atoms with van der Waals surface area (Å²) in [5, 5.41) is 13.0. The second-order valence-corrected chi connectivity index (χ2v) is 13.9. The molecule has 0 fully saturated rings. The molecule has 1 aliphatic rings. The minimum Gasteiger partial charge on any atom is -0.748 e. The summed E-state index contributed by atoms with van der Waals surface area (Å²) < 4.78 is 72.4. The fourth-order valence-corrected chi connectivity index (χ4v) is 5.89. The Morgan fingerprint density at radius 2 is 1.66 bits per heavy atom. The van der Waals surface area contributed by atoms with Crippen LogP contribution in [0.5, 0.6) is 0 Å². The van der Waals surface area contributed by atoms with E-state index in [0.717, 1.165) is 22.3 Å². The van der Waals surface area contributed by atoms with Crippen LogP contribution in [0, 0.1) is 0 Å². The van der Waals surface area contributed by atoms with Crippen molar-refractivity contribution in [3.05, 3.63) is 41.3 Å². The molecule has 222 valence electrons. The molecule has 1 aromatic carbocycles. The fourth-order valence-electron chi connectivity index (χ4n) is 4.91. The number of carboxylic acid groups (broad SMARTS) is 1. The van der Waals surface area contributed by atoms with Crippen molar-refractivity contribution in [2.24, 2.45) is 0 Å². The molecule has 2 aromatic rings. The number of fused-ring (bicyclic) bond motifs is 2. The molecule has 0 atom stereocenters. The molecule has 1 aliphatic carbocycles. The molecule has 0 amide bonds. The number of unbranched alkanes of at least 4 members (excludes halogenated alkanes) is 2. The molecule has 0 saturated heterocycles. The summed E-state index contributed by atoms with van der Waals surface area (Å²) in [5.74, 6) is -1.08. The Morgan fingerprint density at radius 1 is 1.00 bits per heavy atom. The van der Waals surface area contributed by atoms with Crippen molar-refractivity contribution in [3.8, 4) is 0 Å². The molecule has 0 bridgehead atoms. The van der Waals surface area contributed by atoms with Crippen LogP contribution in [0.1, 0.15) is 70.1 Å². The van der Waals surface area contributed by atoms with Crippen LogP contribution in [0.15, 0.2) is 34.4 Å². The van der Waals surface area contributed by atoms with Gasteiger partial charge in [0.2, 0.25) is 0 Å². The Hall–Kier alpha value is -1.74. The largest absolute Gasteiger partial charge is 1.00 e. The van der Waals surface area contributed by atoms with E-state index in [1.54, 1.807) is 0 Å². The van der Waals surface area contributed by atoms with E-state index in [1.807, 2.05) is 29.2 Å². The molecule has 3 rings (SSSR count). The zero-order valence-electron chi connectivity index (χ0n) is 23.8. The van der Waals surface area contributed by atoms with Gasteiger partial charge in [0.15, 0.2) is 0 Å². The summed E-state index contributed by atoms with van der Waals surface area (Å²) in [6.45, 7) is 5.44. The number of anilines is 1. The van der Waals surface area contributed by atoms with Crippen molar-refractivity contribution >= 4 is 48.9 Å². The molecular formula is C27H37N2NaO9S2. The predicted molar refractivity (Wildman–Crippen MR) is 151 cm³/mol. The number of benzene rings is 1. The number of nitrogens with one attached hydrogen (secondary N) is 1. The monoisotopic (exact) mass is 620 g/mol. The van der Waals surface area contributed by atoms with Gasteiger partial charge in [0.05, 0.1) is 43.3 Å². The third kappa shape index (κ3) is 11.8. The molecule has 0 unspecified atom stereocenters. The molecule has 0 saturated carbocycles. The van der Waals surface area contributed by atoms with E-state index in [2.05, 4.69) is 25.2 Å². The van der Waals surface area contributed by atoms with Gasteiger partial charge in [-0.05, 0) is 50.3 Å². The van der Waals surface area contributed by atoms with Crippen molar-refractivity contribution in [3.63, 3.8) is 0 Å². The Morgan fingerprint density at radius 3 is 2.32 bits per heavy atom. The number of nitrogens with zero attached hydrogens (tertiary/aromatic N) is 1. The average molecular weight is 621 g/mol. The van der Waals surface area contributed by atoms with E-state index in [-0.39, 0.29) is 54.2 Å². The molecule has 41 heavy (non-hydrogen) atoms. The topological polar surface area (TPSA) is 178 Å². The molecule has 1 heterocycles. The number of hydrogen-bond acceptors (Lipinski definition) is 9. The Kier molecular flexibility index (Phi) is 13.1. The van der Waals surface area contributed by atoms with Crippen molar-refractivity contribution < 1.29 is 69.8 Å². The van der Waals surface area contributed by atoms with E-state index in [1.165, 1.54) is 0 Å². The van der Waals surface area contributed by atoms with Crippen LogP contribution in [-0.4, -0.2) is 68.2 Å². The zero-order valence-corrected chi connectivity index (χ0v) is 27.5. The number of rotatable bonds is 16. The number of carbonyl (C=O) groups is 1. The van der Waals surface area contributed by atoms with Crippen molar-refractivity contribution in [1.82, 2.24) is 5.32 Å². The van der Waals surface area contributed by atoms with Crippen LogP contribution in [0.2, 0.25) is 0 Å². The van der Waals surface area contributed by atoms with Crippen LogP contribution in [-0.2, 0) is 30.4 Å². The Balaban J connectivity index is 0.00000588. The van der Waals surface area contributed by atoms with Gasteiger partial charge in [-0.3, -0.25) is 4.79 Å². The molecule has 0 radical (unpaired) electrons. The molecular weight excluding hydrogens is 583 g/mol. The SMILES string of the molecule is CC1(C)CC(NCCCS(=O)(=O)[O-])=Cc2[o+]c3cc(N(CCCCCC(=O)O)CCCS(=O)(=O)[O-])ccc3cc21.[Na+]. The van der Waals surface area contributed by atoms with Gasteiger partial charge in [0.25, 0.3) is 0 Å². The van der Waals surface area contributed by atoms with Gasteiger partial charge in [-0.2, -0.15) is 0 Å². The maximum atomic E-state index is 11.1. The summed E-state index contributed by atoms with van der Waals surface area (Å²) in [6, 6.07) is 7.82. The third-order valence-corrected chi connectivity index (χ3v) is 8.46. The third-order valence-electron chi connectivity index (χ3n) is 6.88. The van der Waals surface area contributed by atoms with Crippen LogP contribution < -0.4 is 39.8 Å². The number of allylic oxidation sites excluding steroid dienone is 1. The van der Waals surface area contributed by atoms with E-state index in [4.69, 9.17) is 9.52 Å². The minimum atomic E-state index is -4.34. The predicted octanol–water partition coefficient (Wildman–Crippen LogP) is 0.652. The summed E-state index contributed by atoms with van der Waals surface area (Å²) >= 11 is 0. The van der Waals surface area contributed by atoms with E-state index >= 15 is 0 Å². The zero-order chi connectivity index (χ0) is 29.6. The van der Waals surface area contributed by atoms with Crippen LogP contribution in [0.25, 0.3) is 17.0 Å². The van der Waals surface area contributed by atoms with E-state index in [9.17, 15) is 30.7 Å². The smallest absolute Gasteiger partial charge is 0.748 e. The maximum absolute atomic E-state index is 11.1. The van der Waals surface area contributed by atoms with Crippen LogP contribution in [0.3, 0.4) is 0 Å². The van der Waals surface area contributed by atoms with Crippen LogP contribution >= 0.6 is 0 Å². The van der Waals surface area contributed by atoms with Crippen LogP contribution in [0.4, 0.5) is 5.69 Å². The van der Waals surface area contributed by atoms with E-state index < -0.39 is 37.7 Å². The fraction of sp³-hybridized carbons (Fsp3) is 0.556. The van der Waals surface area contributed by atoms with Gasteiger partial charge >= 0.3 is 46.9 Å². The van der Waals surface area contributed by atoms with Gasteiger partial charge in [0.1, 0.15) is 0 Å². The number of aliphatic carboxylic acids is 1. The molecule has 0 spiro atoms. The number of hydrogen-bond donors (Lipinski definition) is 2. The first-order chi connectivity index (χ1) is 18.6. The standard InChI is InChI=1S/C27H38N2O9S2.Na/c1-27(2)19-21(28-11-6-14-39(32,33)34)17-25-23(27)16-20-9-10-22(18-24(20)38-25)29(13-7-15-40(35,36)37)12-5-3-4-8-26(30)31;/h9-10,16-18,28H,3-8,11-15,19H2,1-2H3,(H2-,30,31,32,33,34,35,36,37);/q;+1/p-1. The second-order valence-electron chi connectivity index (χ2n) is 10.8. The average Bonchev–Trinajstić information content (AvgIpc) is 2.82. The first-order valence-corrected chi connectivity index (χ1v) is 16.5. The number of carboxylic acids is 1. The van der Waals surface area contributed by atoms with Gasteiger partial charge in [-0.25, -0.2) is 21.3 Å². The Bertz CT molecular complexity index is 1460. The summed E-state index contributed by atoms with van der Waals surface area (Å²) in [4.78, 5) is 12.8. The van der Waals surface area contributed by atoms with Gasteiger partial charge in [0, 0.05) is 54.4 Å². The van der Waals surface area contributed by atoms with Gasteiger partial charge < -0.3 is 24.4 Å². The van der Waals surface area contributed by atoms with Gasteiger partial charge in [-0.15, -0.1) is 0 Å². The minimum absolute atomic E-state index is 0. The molecule has 14 heteroatoms. The van der Waals surface area contributed by atoms with Crippen molar-refractivity contribution in [2.75, 3.05) is 36.0 Å². The second kappa shape index (κ2) is 15.1. The van der Waals surface area contributed by atoms with Gasteiger partial charge in [-0.1, -0.05) is 20.3 Å². The van der Waals surface area contributed by atoms with E-state index in [0.29, 0.717) is 56.7 Å². The normalized spacial score (nSPS) is 14.6. The molecule has 2 N–H and O–H groups in total. The summed E-state index contributed by atoms with van der Waals surface area (Å²) in [7, 11) is -8.60. The quantitative estimate of drug-likeness (QED) is 0.117. The molecule has 1 aromatic heterocycles. The summed E-state index contributed by atoms with van der Waals surface area (Å²) in [6.07, 6.45) is 4.98. The van der Waals surface area contributed by atoms with Crippen molar-refractivity contribution in [2.45, 2.75) is 64.2 Å². The summed E-state index contributed by atoms with van der Waals surface area (Å²) in [5.41, 5.74) is 3.06. The Labute approximate surface area is 264 Å². The maximum Gasteiger partial charge on any atom is 1.00 e. The first kappa shape index (κ1) is 35.5. The van der Waals surface area contributed by atoms with Crippen molar-refractivity contribution in [1.29, 1.82) is 0 Å². The molecule has 0 aliphatic heterocycles. The first-order valence-electron chi connectivity index (χ1n) is 13.3. The molecule has 11 nitrogen and oxygen atoms in total.